The van der Waals surface area contributed by atoms with E-state index in [0.717, 1.165) is 32.5 Å². The van der Waals surface area contributed by atoms with Gasteiger partial charge in [-0.25, -0.2) is 4.39 Å². The summed E-state index contributed by atoms with van der Waals surface area (Å²) in [5.74, 6) is 1.37. The molecule has 2 aromatic heterocycles. The third-order valence-corrected chi connectivity index (χ3v) is 9.11. The van der Waals surface area contributed by atoms with E-state index < -0.39 is 5.82 Å². The highest BCUT2D eigenvalue weighted by Crippen LogP contribution is 2.42. The fourth-order valence-corrected chi connectivity index (χ4v) is 7.09. The molecular formula is C30H31ClFN5O2. The van der Waals surface area contributed by atoms with E-state index >= 15 is 4.39 Å². The molecule has 2 unspecified atom stereocenters. The van der Waals surface area contributed by atoms with E-state index in [1.54, 1.807) is 24.4 Å². The number of pyridine rings is 1. The zero-order valence-corrected chi connectivity index (χ0v) is 22.7. The molecule has 0 radical (unpaired) electrons. The number of likely N-dealkylation sites (tertiary alicyclic amines) is 1. The summed E-state index contributed by atoms with van der Waals surface area (Å²) in [5.41, 5.74) is 0.670. The first-order chi connectivity index (χ1) is 18.9. The number of phenolic OH excluding ortho intramolecular Hbond substituents is 1. The number of phenols is 1. The van der Waals surface area contributed by atoms with Crippen LogP contribution in [0.2, 0.25) is 5.02 Å². The smallest absolute Gasteiger partial charge is 0.319 e. The zero-order valence-electron chi connectivity index (χ0n) is 21.9. The molecule has 2 aromatic carbocycles. The van der Waals surface area contributed by atoms with Gasteiger partial charge in [0.15, 0.2) is 5.82 Å². The Morgan fingerprint density at radius 2 is 1.95 bits per heavy atom. The van der Waals surface area contributed by atoms with Gasteiger partial charge in [0.25, 0.3) is 0 Å². The molecule has 1 N–H and O–H groups in total. The molecule has 3 fully saturated rings. The number of piperidine rings is 1. The van der Waals surface area contributed by atoms with Crippen molar-refractivity contribution in [2.24, 2.45) is 11.8 Å². The van der Waals surface area contributed by atoms with E-state index in [4.69, 9.17) is 21.3 Å². The van der Waals surface area contributed by atoms with Crippen molar-refractivity contribution in [3.63, 3.8) is 0 Å². The zero-order chi connectivity index (χ0) is 26.7. The first-order valence-electron chi connectivity index (χ1n) is 13.8. The molecule has 4 heterocycles. The summed E-state index contributed by atoms with van der Waals surface area (Å²) in [6.45, 7) is 3.28. The molecular weight excluding hydrogens is 517 g/mol. The Kier molecular flexibility index (Phi) is 6.20. The molecule has 3 aliphatic rings. The summed E-state index contributed by atoms with van der Waals surface area (Å²) >= 11 is 6.55. The highest BCUT2D eigenvalue weighted by Gasteiger charge is 2.35. The van der Waals surface area contributed by atoms with Gasteiger partial charge in [-0.1, -0.05) is 23.7 Å². The third kappa shape index (κ3) is 4.43. The lowest BCUT2D eigenvalue weighted by molar-refractivity contribution is 0.188. The van der Waals surface area contributed by atoms with Gasteiger partial charge in [0.1, 0.15) is 29.4 Å². The fraction of sp³-hybridized carbons (Fsp3) is 0.433. The molecule has 7 rings (SSSR count). The number of ether oxygens (including phenoxy) is 1. The Morgan fingerprint density at radius 3 is 2.72 bits per heavy atom. The van der Waals surface area contributed by atoms with E-state index in [-0.39, 0.29) is 29.0 Å². The molecule has 39 heavy (non-hydrogen) atoms. The van der Waals surface area contributed by atoms with Crippen LogP contribution in [0.3, 0.4) is 0 Å². The highest BCUT2D eigenvalue weighted by molar-refractivity contribution is 6.36. The normalized spacial score (nSPS) is 23.3. The maximum atomic E-state index is 16.5. The number of aromatic hydroxyl groups is 1. The Hall–Kier alpha value is -3.23. The number of halogens is 2. The maximum Gasteiger partial charge on any atom is 0.319 e. The minimum atomic E-state index is -0.578. The summed E-state index contributed by atoms with van der Waals surface area (Å²) in [5, 5.41) is 12.8. The van der Waals surface area contributed by atoms with Crippen LogP contribution in [0.4, 0.5) is 10.2 Å². The van der Waals surface area contributed by atoms with Crippen molar-refractivity contribution in [3.05, 3.63) is 47.4 Å². The number of likely N-dealkylation sites (N-methyl/N-ethyl adjacent to an activating group) is 1. The average Bonchev–Trinajstić information content (AvgIpc) is 3.50. The summed E-state index contributed by atoms with van der Waals surface area (Å²) in [6, 6.07) is 8.97. The number of hydrogen-bond donors (Lipinski definition) is 1. The van der Waals surface area contributed by atoms with Crippen LogP contribution in [0.5, 0.6) is 11.8 Å². The molecule has 4 aromatic rings. The second kappa shape index (κ2) is 9.75. The molecule has 1 saturated carbocycles. The van der Waals surface area contributed by atoms with Gasteiger partial charge in [0, 0.05) is 41.3 Å². The van der Waals surface area contributed by atoms with Gasteiger partial charge in [0.05, 0.1) is 5.39 Å². The summed E-state index contributed by atoms with van der Waals surface area (Å²) in [7, 11) is 2.10. The van der Waals surface area contributed by atoms with Crippen molar-refractivity contribution in [1.29, 1.82) is 0 Å². The quantitative estimate of drug-likeness (QED) is 0.326. The first kappa shape index (κ1) is 24.8. The van der Waals surface area contributed by atoms with E-state index in [2.05, 4.69) is 26.8 Å². The standard InChI is InChI=1S/C30H31ClFN5O2/c1-36-9-3-5-20(36)16-39-30-34-28-23(29(35-30)37-14-17-7-8-18(10-17)15-37)13-33-27(26(28)32)22-12-21(38)11-19-4-2-6-24(31)25(19)22/h2,4,6,11-13,17-18,20,38H,3,5,7-10,14-16H2,1H3/t17?,18?,20-/m0/s1. The van der Waals surface area contributed by atoms with Crippen LogP contribution in [-0.2, 0) is 0 Å². The monoisotopic (exact) mass is 547 g/mol. The minimum absolute atomic E-state index is 0.0120. The van der Waals surface area contributed by atoms with Crippen LogP contribution in [-0.4, -0.2) is 64.3 Å². The van der Waals surface area contributed by atoms with Crippen molar-refractivity contribution in [2.75, 3.05) is 38.2 Å². The number of aromatic nitrogens is 3. The molecule has 0 spiro atoms. The van der Waals surface area contributed by atoms with Gasteiger partial charge < -0.3 is 19.6 Å². The van der Waals surface area contributed by atoms with Gasteiger partial charge in [-0.15, -0.1) is 0 Å². The van der Waals surface area contributed by atoms with Crippen LogP contribution >= 0.6 is 11.6 Å². The SMILES string of the molecule is CN1CCC[C@H]1COc1nc(N2CC3CCC(C3)C2)c2cnc(-c3cc(O)cc4cccc(Cl)c34)c(F)c2n1. The van der Waals surface area contributed by atoms with Crippen molar-refractivity contribution >= 4 is 39.1 Å². The van der Waals surface area contributed by atoms with E-state index in [0.29, 0.717) is 51.0 Å². The number of hydrogen-bond acceptors (Lipinski definition) is 7. The van der Waals surface area contributed by atoms with Crippen molar-refractivity contribution in [2.45, 2.75) is 38.1 Å². The van der Waals surface area contributed by atoms with Crippen LogP contribution in [0.1, 0.15) is 32.1 Å². The Labute approximate surface area is 231 Å². The molecule has 202 valence electrons. The van der Waals surface area contributed by atoms with Gasteiger partial charge in [0.2, 0.25) is 0 Å². The van der Waals surface area contributed by atoms with E-state index in [9.17, 15) is 5.11 Å². The Morgan fingerprint density at radius 1 is 1.13 bits per heavy atom. The predicted octanol–water partition coefficient (Wildman–Crippen LogP) is 6.05. The Balaban J connectivity index is 1.37. The number of rotatable bonds is 5. The fourth-order valence-electron chi connectivity index (χ4n) is 6.81. The molecule has 3 atom stereocenters. The number of benzene rings is 2. The molecule has 9 heteroatoms. The van der Waals surface area contributed by atoms with Crippen LogP contribution in [0.25, 0.3) is 32.9 Å². The lowest BCUT2D eigenvalue weighted by Crippen LogP contribution is -2.37. The molecule has 2 aliphatic heterocycles. The van der Waals surface area contributed by atoms with Crippen molar-refractivity contribution < 1.29 is 14.2 Å². The number of anilines is 1. The molecule has 7 nitrogen and oxygen atoms in total. The maximum absolute atomic E-state index is 16.5. The summed E-state index contributed by atoms with van der Waals surface area (Å²) in [4.78, 5) is 18.5. The van der Waals surface area contributed by atoms with E-state index in [1.807, 2.05) is 6.07 Å². The average molecular weight is 548 g/mol. The third-order valence-electron chi connectivity index (χ3n) is 8.79. The van der Waals surface area contributed by atoms with Crippen molar-refractivity contribution in [3.8, 4) is 23.0 Å². The molecule has 2 saturated heterocycles. The topological polar surface area (TPSA) is 74.6 Å². The predicted molar refractivity (Wildman–Crippen MR) is 151 cm³/mol. The van der Waals surface area contributed by atoms with Gasteiger partial charge >= 0.3 is 6.01 Å². The van der Waals surface area contributed by atoms with Gasteiger partial charge in [-0.2, -0.15) is 9.97 Å². The van der Waals surface area contributed by atoms with Gasteiger partial charge in [-0.3, -0.25) is 4.98 Å². The molecule has 1 aliphatic carbocycles. The van der Waals surface area contributed by atoms with Crippen LogP contribution in [0, 0.1) is 17.7 Å². The van der Waals surface area contributed by atoms with Crippen molar-refractivity contribution in [1.82, 2.24) is 19.9 Å². The highest BCUT2D eigenvalue weighted by atomic mass is 35.5. The Bertz CT molecular complexity index is 1570. The molecule has 0 amide bonds. The number of fused-ring (bicyclic) bond motifs is 4. The second-order valence-electron chi connectivity index (χ2n) is 11.4. The largest absolute Gasteiger partial charge is 0.508 e. The van der Waals surface area contributed by atoms with Crippen LogP contribution in [0.15, 0.2) is 36.5 Å². The molecule has 2 bridgehead atoms. The van der Waals surface area contributed by atoms with E-state index in [1.165, 1.54) is 25.3 Å². The lowest BCUT2D eigenvalue weighted by Gasteiger charge is -2.33. The summed E-state index contributed by atoms with van der Waals surface area (Å²) in [6.07, 6.45) is 7.54. The number of nitrogens with zero attached hydrogens (tertiary/aromatic N) is 5. The second-order valence-corrected chi connectivity index (χ2v) is 11.8. The minimum Gasteiger partial charge on any atom is -0.508 e. The first-order valence-corrected chi connectivity index (χ1v) is 14.2. The summed E-state index contributed by atoms with van der Waals surface area (Å²) < 4.78 is 22.6. The van der Waals surface area contributed by atoms with Crippen LogP contribution < -0.4 is 9.64 Å². The van der Waals surface area contributed by atoms with Gasteiger partial charge in [-0.05, 0) is 81.1 Å². The lowest BCUT2D eigenvalue weighted by atomic mass is 9.98.